The van der Waals surface area contributed by atoms with Gasteiger partial charge < -0.3 is 9.84 Å². The summed E-state index contributed by atoms with van der Waals surface area (Å²) in [6.07, 6.45) is 1.52. The lowest BCUT2D eigenvalue weighted by Crippen LogP contribution is -2.05. The Morgan fingerprint density at radius 2 is 2.07 bits per heavy atom. The Hall–Kier alpha value is -1.30. The Morgan fingerprint density at radius 3 is 2.47 bits per heavy atom. The molecule has 6 heteroatoms. The number of carboxylic acid groups (broad SMARTS) is 1. The SMILES string of the molecule is COc1c(C(=O)O)cc(SC)c(F)c1F. The van der Waals surface area contributed by atoms with Crippen molar-refractivity contribution in [2.45, 2.75) is 4.90 Å². The first kappa shape index (κ1) is 11.8. The molecule has 0 fully saturated rings. The van der Waals surface area contributed by atoms with Gasteiger partial charge in [-0.3, -0.25) is 0 Å². The van der Waals surface area contributed by atoms with Crippen molar-refractivity contribution in [3.63, 3.8) is 0 Å². The van der Waals surface area contributed by atoms with Crippen LogP contribution in [0.4, 0.5) is 8.78 Å². The number of benzene rings is 1. The Labute approximate surface area is 89.0 Å². The highest BCUT2D eigenvalue weighted by atomic mass is 32.2. The first-order valence-electron chi connectivity index (χ1n) is 3.86. The van der Waals surface area contributed by atoms with Crippen LogP contribution >= 0.6 is 11.8 Å². The van der Waals surface area contributed by atoms with Crippen molar-refractivity contribution in [3.8, 4) is 5.75 Å². The largest absolute Gasteiger partial charge is 0.493 e. The third-order valence-electron chi connectivity index (χ3n) is 1.78. The van der Waals surface area contributed by atoms with E-state index in [4.69, 9.17) is 5.11 Å². The fraction of sp³-hybridized carbons (Fsp3) is 0.222. The molecule has 0 aliphatic heterocycles. The number of carbonyl (C=O) groups is 1. The maximum atomic E-state index is 13.3. The number of halogens is 2. The van der Waals surface area contributed by atoms with Gasteiger partial charge in [0.25, 0.3) is 0 Å². The molecule has 0 saturated heterocycles. The van der Waals surface area contributed by atoms with Crippen molar-refractivity contribution in [2.24, 2.45) is 0 Å². The summed E-state index contributed by atoms with van der Waals surface area (Å²) in [5, 5.41) is 8.75. The maximum Gasteiger partial charge on any atom is 0.339 e. The van der Waals surface area contributed by atoms with E-state index < -0.39 is 23.4 Å². The summed E-state index contributed by atoms with van der Waals surface area (Å²) in [7, 11) is 1.09. The zero-order valence-electron chi connectivity index (χ0n) is 8.01. The van der Waals surface area contributed by atoms with Gasteiger partial charge in [-0.1, -0.05) is 0 Å². The number of rotatable bonds is 3. The summed E-state index contributed by atoms with van der Waals surface area (Å²) < 4.78 is 31.0. The van der Waals surface area contributed by atoms with E-state index in [1.54, 1.807) is 0 Å². The predicted molar refractivity (Wildman–Crippen MR) is 51.7 cm³/mol. The van der Waals surface area contributed by atoms with Crippen molar-refractivity contribution in [3.05, 3.63) is 23.3 Å². The summed E-state index contributed by atoms with van der Waals surface area (Å²) >= 11 is 0.926. The van der Waals surface area contributed by atoms with E-state index >= 15 is 0 Å². The van der Waals surface area contributed by atoms with Crippen LogP contribution in [0.2, 0.25) is 0 Å². The fourth-order valence-corrected chi connectivity index (χ4v) is 1.60. The number of aromatic carboxylic acids is 1. The Bertz CT molecular complexity index is 407. The molecule has 0 bridgehead atoms. The number of carboxylic acids is 1. The van der Waals surface area contributed by atoms with E-state index in [1.807, 2.05) is 0 Å². The minimum Gasteiger partial charge on any atom is -0.493 e. The third kappa shape index (κ3) is 2.04. The van der Waals surface area contributed by atoms with Crippen LogP contribution in [0.3, 0.4) is 0 Å². The summed E-state index contributed by atoms with van der Waals surface area (Å²) in [5.74, 6) is -4.31. The van der Waals surface area contributed by atoms with Crippen LogP contribution in [0.1, 0.15) is 10.4 Å². The molecule has 0 aliphatic rings. The van der Waals surface area contributed by atoms with Crippen LogP contribution in [0.15, 0.2) is 11.0 Å². The van der Waals surface area contributed by atoms with Crippen LogP contribution in [0, 0.1) is 11.6 Å². The van der Waals surface area contributed by atoms with E-state index in [0.29, 0.717) is 0 Å². The number of hydrogen-bond donors (Lipinski definition) is 1. The Balaban J connectivity index is 3.51. The fourth-order valence-electron chi connectivity index (χ4n) is 1.09. The van der Waals surface area contributed by atoms with Gasteiger partial charge in [-0.25, -0.2) is 9.18 Å². The van der Waals surface area contributed by atoms with Gasteiger partial charge in [0.05, 0.1) is 7.11 Å². The van der Waals surface area contributed by atoms with Crippen LogP contribution in [0.25, 0.3) is 0 Å². The number of thioether (sulfide) groups is 1. The second-order valence-corrected chi connectivity index (χ2v) is 3.44. The number of ether oxygens (including phenoxy) is 1. The van der Waals surface area contributed by atoms with E-state index in [9.17, 15) is 13.6 Å². The van der Waals surface area contributed by atoms with Crippen LogP contribution in [-0.2, 0) is 0 Å². The molecular weight excluding hydrogens is 226 g/mol. The molecule has 0 radical (unpaired) electrons. The van der Waals surface area contributed by atoms with Gasteiger partial charge in [-0.2, -0.15) is 4.39 Å². The highest BCUT2D eigenvalue weighted by Gasteiger charge is 2.22. The predicted octanol–water partition coefficient (Wildman–Crippen LogP) is 2.39. The number of methoxy groups -OCH3 is 1. The van der Waals surface area contributed by atoms with Gasteiger partial charge in [0.15, 0.2) is 11.6 Å². The zero-order chi connectivity index (χ0) is 11.6. The monoisotopic (exact) mass is 234 g/mol. The number of hydrogen-bond acceptors (Lipinski definition) is 3. The first-order valence-corrected chi connectivity index (χ1v) is 5.08. The van der Waals surface area contributed by atoms with Gasteiger partial charge >= 0.3 is 5.97 Å². The van der Waals surface area contributed by atoms with E-state index in [1.165, 1.54) is 6.26 Å². The van der Waals surface area contributed by atoms with E-state index in [0.717, 1.165) is 24.9 Å². The Kier molecular flexibility index (Phi) is 3.52. The Morgan fingerprint density at radius 1 is 1.47 bits per heavy atom. The van der Waals surface area contributed by atoms with Crippen molar-refractivity contribution in [1.29, 1.82) is 0 Å². The van der Waals surface area contributed by atoms with E-state index in [-0.39, 0.29) is 10.5 Å². The molecule has 1 N–H and O–H groups in total. The first-order chi connectivity index (χ1) is 7.02. The van der Waals surface area contributed by atoms with Crippen LogP contribution in [-0.4, -0.2) is 24.4 Å². The topological polar surface area (TPSA) is 46.5 Å². The van der Waals surface area contributed by atoms with Gasteiger partial charge in [-0.15, -0.1) is 11.8 Å². The minimum absolute atomic E-state index is 0.0642. The molecule has 0 amide bonds. The molecular formula is C9H8F2O3S. The quantitative estimate of drug-likeness (QED) is 0.816. The van der Waals surface area contributed by atoms with Crippen molar-refractivity contribution in [2.75, 3.05) is 13.4 Å². The lowest BCUT2D eigenvalue weighted by Gasteiger charge is -2.09. The third-order valence-corrected chi connectivity index (χ3v) is 2.52. The van der Waals surface area contributed by atoms with E-state index in [2.05, 4.69) is 4.74 Å². The molecule has 3 nitrogen and oxygen atoms in total. The van der Waals surface area contributed by atoms with Crippen molar-refractivity contribution in [1.82, 2.24) is 0 Å². The summed E-state index contributed by atoms with van der Waals surface area (Å²) in [6, 6.07) is 1.05. The molecule has 0 unspecified atom stereocenters. The molecule has 1 rings (SSSR count). The molecule has 0 saturated carbocycles. The lowest BCUT2D eigenvalue weighted by molar-refractivity contribution is 0.0691. The van der Waals surface area contributed by atoms with Crippen LogP contribution in [0.5, 0.6) is 5.75 Å². The molecule has 0 spiro atoms. The summed E-state index contributed by atoms with van der Waals surface area (Å²) in [5.41, 5.74) is -0.388. The zero-order valence-corrected chi connectivity index (χ0v) is 8.82. The summed E-state index contributed by atoms with van der Waals surface area (Å²) in [4.78, 5) is 10.7. The molecule has 1 aromatic carbocycles. The molecule has 1 aromatic rings. The van der Waals surface area contributed by atoms with Gasteiger partial charge in [-0.05, 0) is 12.3 Å². The molecule has 0 heterocycles. The van der Waals surface area contributed by atoms with Gasteiger partial charge in [0, 0.05) is 4.90 Å². The average Bonchev–Trinajstić information content (AvgIpc) is 2.21. The molecule has 82 valence electrons. The standard InChI is InChI=1S/C9H8F2O3S/c1-14-8-4(9(12)13)3-5(15-2)6(10)7(8)11/h3H,1-2H3,(H,12,13). The smallest absolute Gasteiger partial charge is 0.339 e. The molecule has 15 heavy (non-hydrogen) atoms. The van der Waals surface area contributed by atoms with Crippen molar-refractivity contribution < 1.29 is 23.4 Å². The molecule has 0 aliphatic carbocycles. The highest BCUT2D eigenvalue weighted by Crippen LogP contribution is 2.31. The molecule has 0 aromatic heterocycles. The maximum absolute atomic E-state index is 13.3. The van der Waals surface area contributed by atoms with Crippen LogP contribution < -0.4 is 4.74 Å². The minimum atomic E-state index is -1.36. The second-order valence-electron chi connectivity index (χ2n) is 2.59. The normalized spacial score (nSPS) is 10.1. The molecule has 0 atom stereocenters. The highest BCUT2D eigenvalue weighted by molar-refractivity contribution is 7.98. The summed E-state index contributed by atoms with van der Waals surface area (Å²) in [6.45, 7) is 0. The van der Waals surface area contributed by atoms with Gasteiger partial charge in [0.2, 0.25) is 5.82 Å². The average molecular weight is 234 g/mol. The lowest BCUT2D eigenvalue weighted by atomic mass is 10.2. The van der Waals surface area contributed by atoms with Crippen molar-refractivity contribution >= 4 is 17.7 Å². The second kappa shape index (κ2) is 4.48. The van der Waals surface area contributed by atoms with Gasteiger partial charge in [0.1, 0.15) is 5.56 Å².